The molecular formula is C26H25NO6. The average molecular weight is 447 g/mol. The number of Topliss-reactive ketones (excluding diaryl/α,β-unsaturated/α-hetero) is 1. The van der Waals surface area contributed by atoms with Gasteiger partial charge in [0.25, 0.3) is 11.7 Å². The molecule has 2 aromatic carbocycles. The molecule has 0 saturated carbocycles. The van der Waals surface area contributed by atoms with E-state index in [4.69, 9.17) is 13.9 Å². The zero-order valence-corrected chi connectivity index (χ0v) is 18.7. The first-order valence-corrected chi connectivity index (χ1v) is 10.6. The minimum atomic E-state index is -0.808. The zero-order valence-electron chi connectivity index (χ0n) is 18.7. The minimum Gasteiger partial charge on any atom is -0.507 e. The number of methoxy groups -OCH3 is 1. The number of nitrogens with zero attached hydrogens (tertiary/aromatic N) is 1. The van der Waals surface area contributed by atoms with Gasteiger partial charge in [-0.3, -0.25) is 9.59 Å². The van der Waals surface area contributed by atoms with Crippen LogP contribution in [0.25, 0.3) is 5.76 Å². The molecule has 7 nitrogen and oxygen atoms in total. The Morgan fingerprint density at radius 3 is 2.58 bits per heavy atom. The summed E-state index contributed by atoms with van der Waals surface area (Å²) in [6, 6.07) is 15.0. The third kappa shape index (κ3) is 4.22. The highest BCUT2D eigenvalue weighted by Crippen LogP contribution is 2.41. The van der Waals surface area contributed by atoms with E-state index in [-0.39, 0.29) is 17.9 Å². The molecule has 1 aliphatic rings. The van der Waals surface area contributed by atoms with Crippen molar-refractivity contribution in [3.8, 4) is 11.5 Å². The Morgan fingerprint density at radius 2 is 1.91 bits per heavy atom. The molecule has 1 saturated heterocycles. The molecule has 1 unspecified atom stereocenters. The zero-order chi connectivity index (χ0) is 23.5. The van der Waals surface area contributed by atoms with Crippen molar-refractivity contribution in [1.29, 1.82) is 0 Å². The fourth-order valence-corrected chi connectivity index (χ4v) is 4.08. The molecule has 7 heteroatoms. The van der Waals surface area contributed by atoms with Gasteiger partial charge in [0.15, 0.2) is 0 Å². The molecule has 0 bridgehead atoms. The number of rotatable bonds is 7. The normalized spacial score (nSPS) is 17.4. The van der Waals surface area contributed by atoms with Crippen LogP contribution < -0.4 is 9.47 Å². The highest BCUT2D eigenvalue weighted by atomic mass is 16.5. The van der Waals surface area contributed by atoms with Gasteiger partial charge in [0.2, 0.25) is 0 Å². The Morgan fingerprint density at radius 1 is 1.09 bits per heavy atom. The average Bonchev–Trinajstić information content (AvgIpc) is 3.41. The summed E-state index contributed by atoms with van der Waals surface area (Å²) < 4.78 is 16.3. The Labute approximate surface area is 191 Å². The van der Waals surface area contributed by atoms with Crippen LogP contribution in [0.1, 0.15) is 35.4 Å². The predicted octanol–water partition coefficient (Wildman–Crippen LogP) is 4.62. The van der Waals surface area contributed by atoms with Gasteiger partial charge >= 0.3 is 0 Å². The van der Waals surface area contributed by atoms with Crippen molar-refractivity contribution in [2.45, 2.75) is 26.4 Å². The summed E-state index contributed by atoms with van der Waals surface area (Å²) in [5.74, 6) is 0.0836. The first-order chi connectivity index (χ1) is 15.9. The van der Waals surface area contributed by atoms with E-state index < -0.39 is 17.7 Å². The van der Waals surface area contributed by atoms with Gasteiger partial charge in [-0.1, -0.05) is 12.1 Å². The van der Waals surface area contributed by atoms with Crippen molar-refractivity contribution < 1.29 is 28.6 Å². The van der Waals surface area contributed by atoms with E-state index in [9.17, 15) is 14.7 Å². The Hall–Kier alpha value is -4.00. The number of amides is 1. The molecular weight excluding hydrogens is 422 g/mol. The molecule has 1 atom stereocenters. The fraction of sp³-hybridized carbons (Fsp3) is 0.231. The number of likely N-dealkylation sites (tertiary alicyclic amines) is 1. The summed E-state index contributed by atoms with van der Waals surface area (Å²) in [7, 11) is 1.56. The van der Waals surface area contributed by atoms with Crippen LogP contribution in [-0.4, -0.2) is 35.4 Å². The van der Waals surface area contributed by atoms with Gasteiger partial charge in [-0.15, -0.1) is 0 Å². The molecule has 1 aliphatic heterocycles. The predicted molar refractivity (Wildman–Crippen MR) is 122 cm³/mol. The van der Waals surface area contributed by atoms with E-state index >= 15 is 0 Å². The standard InChI is InChI=1S/C26H25NO6/c1-4-32-19-8-5-7-17(14-19)23-22(24(28)21-11-10-18(31-3)13-16(21)2)25(29)26(30)27(23)15-20-9-6-12-33-20/h5-14,23,28H,4,15H2,1-3H3/b24-22+. The maximum absolute atomic E-state index is 13.2. The van der Waals surface area contributed by atoms with Crippen LogP contribution in [0.4, 0.5) is 0 Å². The number of aryl methyl sites for hydroxylation is 1. The second-order valence-corrected chi connectivity index (χ2v) is 7.69. The van der Waals surface area contributed by atoms with Crippen LogP contribution in [0.2, 0.25) is 0 Å². The number of benzene rings is 2. The molecule has 4 rings (SSSR count). The SMILES string of the molecule is CCOc1cccc(C2/C(=C(\O)c3ccc(OC)cc3C)C(=O)C(=O)N2Cc2ccco2)c1. The largest absolute Gasteiger partial charge is 0.507 e. The third-order valence-corrected chi connectivity index (χ3v) is 5.62. The van der Waals surface area contributed by atoms with Crippen molar-refractivity contribution in [2.75, 3.05) is 13.7 Å². The Kier molecular flexibility index (Phi) is 6.22. The van der Waals surface area contributed by atoms with Crippen molar-refractivity contribution in [2.24, 2.45) is 0 Å². The summed E-state index contributed by atoms with van der Waals surface area (Å²) in [5.41, 5.74) is 1.84. The Bertz CT molecular complexity index is 1210. The van der Waals surface area contributed by atoms with E-state index in [1.165, 1.54) is 11.2 Å². The molecule has 170 valence electrons. The number of carbonyl (C=O) groups excluding carboxylic acids is 2. The molecule has 3 aromatic rings. The topological polar surface area (TPSA) is 89.2 Å². The fourth-order valence-electron chi connectivity index (χ4n) is 4.08. The lowest BCUT2D eigenvalue weighted by molar-refractivity contribution is -0.140. The van der Waals surface area contributed by atoms with Gasteiger partial charge in [-0.25, -0.2) is 0 Å². The highest BCUT2D eigenvalue weighted by Gasteiger charge is 2.46. The van der Waals surface area contributed by atoms with Crippen molar-refractivity contribution >= 4 is 17.4 Å². The van der Waals surface area contributed by atoms with Gasteiger partial charge in [0, 0.05) is 5.56 Å². The second kappa shape index (κ2) is 9.24. The quantitative estimate of drug-likeness (QED) is 0.323. The molecule has 0 aliphatic carbocycles. The molecule has 2 heterocycles. The molecule has 1 aromatic heterocycles. The Balaban J connectivity index is 1.88. The highest BCUT2D eigenvalue weighted by molar-refractivity contribution is 6.46. The van der Waals surface area contributed by atoms with Crippen LogP contribution in [0, 0.1) is 6.92 Å². The van der Waals surface area contributed by atoms with E-state index in [1.807, 2.05) is 13.0 Å². The van der Waals surface area contributed by atoms with Crippen LogP contribution in [0.3, 0.4) is 0 Å². The first-order valence-electron chi connectivity index (χ1n) is 10.6. The van der Waals surface area contributed by atoms with Gasteiger partial charge < -0.3 is 23.9 Å². The lowest BCUT2D eigenvalue weighted by Crippen LogP contribution is -2.29. The number of aliphatic hydroxyl groups excluding tert-OH is 1. The molecule has 1 amide bonds. The summed E-state index contributed by atoms with van der Waals surface area (Å²) >= 11 is 0. The first kappa shape index (κ1) is 22.2. The van der Waals surface area contributed by atoms with Crippen molar-refractivity contribution in [3.63, 3.8) is 0 Å². The van der Waals surface area contributed by atoms with Gasteiger partial charge in [-0.05, 0) is 67.4 Å². The van der Waals surface area contributed by atoms with E-state index in [0.717, 1.165) is 0 Å². The summed E-state index contributed by atoms with van der Waals surface area (Å²) in [6.45, 7) is 4.24. The molecule has 0 spiro atoms. The number of ether oxygens (including phenoxy) is 2. The van der Waals surface area contributed by atoms with E-state index in [1.54, 1.807) is 62.6 Å². The summed E-state index contributed by atoms with van der Waals surface area (Å²) in [4.78, 5) is 27.7. The number of carbonyl (C=O) groups is 2. The van der Waals surface area contributed by atoms with E-state index in [0.29, 0.717) is 40.6 Å². The molecule has 1 N–H and O–H groups in total. The van der Waals surface area contributed by atoms with E-state index in [2.05, 4.69) is 0 Å². The number of aliphatic hydroxyl groups is 1. The minimum absolute atomic E-state index is 0.0217. The smallest absolute Gasteiger partial charge is 0.296 e. The molecule has 33 heavy (non-hydrogen) atoms. The monoisotopic (exact) mass is 447 g/mol. The number of ketones is 1. The molecule has 1 fully saturated rings. The number of furan rings is 1. The summed E-state index contributed by atoms with van der Waals surface area (Å²) in [5, 5.41) is 11.3. The van der Waals surface area contributed by atoms with Crippen LogP contribution in [0.5, 0.6) is 11.5 Å². The number of hydrogen-bond donors (Lipinski definition) is 1. The maximum atomic E-state index is 13.2. The van der Waals surface area contributed by atoms with Gasteiger partial charge in [-0.2, -0.15) is 0 Å². The van der Waals surface area contributed by atoms with Crippen molar-refractivity contribution in [3.05, 3.63) is 88.9 Å². The lowest BCUT2D eigenvalue weighted by atomic mass is 9.93. The third-order valence-electron chi connectivity index (χ3n) is 5.62. The van der Waals surface area contributed by atoms with Crippen LogP contribution in [-0.2, 0) is 16.1 Å². The maximum Gasteiger partial charge on any atom is 0.296 e. The van der Waals surface area contributed by atoms with Crippen LogP contribution in [0.15, 0.2) is 70.9 Å². The van der Waals surface area contributed by atoms with Crippen LogP contribution >= 0.6 is 0 Å². The van der Waals surface area contributed by atoms with Gasteiger partial charge in [0.05, 0.1) is 38.1 Å². The number of hydrogen-bond acceptors (Lipinski definition) is 6. The lowest BCUT2D eigenvalue weighted by Gasteiger charge is -2.25. The summed E-state index contributed by atoms with van der Waals surface area (Å²) in [6.07, 6.45) is 1.51. The molecule has 0 radical (unpaired) electrons. The second-order valence-electron chi connectivity index (χ2n) is 7.69. The van der Waals surface area contributed by atoms with Crippen molar-refractivity contribution in [1.82, 2.24) is 4.90 Å². The van der Waals surface area contributed by atoms with Gasteiger partial charge in [0.1, 0.15) is 23.0 Å².